The molecule has 17 heavy (non-hydrogen) atoms. The van der Waals surface area contributed by atoms with E-state index < -0.39 is 0 Å². The van der Waals surface area contributed by atoms with E-state index in [-0.39, 0.29) is 0 Å². The van der Waals surface area contributed by atoms with Crippen LogP contribution in [0, 0.1) is 6.92 Å². The smallest absolute Gasteiger partial charge is 0.103 e. The van der Waals surface area contributed by atoms with E-state index in [1.165, 1.54) is 0 Å². The Morgan fingerprint density at radius 3 is 2.94 bits per heavy atom. The summed E-state index contributed by atoms with van der Waals surface area (Å²) in [7, 11) is 0. The Morgan fingerprint density at radius 2 is 2.18 bits per heavy atom. The lowest BCUT2D eigenvalue weighted by Gasteiger charge is -2.03. The number of furan rings is 1. The van der Waals surface area contributed by atoms with Crippen LogP contribution in [0.25, 0.3) is 22.3 Å². The van der Waals surface area contributed by atoms with Crippen LogP contribution < -0.4 is 0 Å². The topological polar surface area (TPSA) is 38.9 Å². The number of fused-ring (bicyclic) bond motifs is 1. The fourth-order valence-corrected chi connectivity index (χ4v) is 2.43. The molecule has 0 bridgehead atoms. The summed E-state index contributed by atoms with van der Waals surface area (Å²) in [6, 6.07) is 5.94. The molecule has 0 aliphatic rings. The summed E-state index contributed by atoms with van der Waals surface area (Å²) in [6.07, 6.45) is 5.06. The fourth-order valence-electron chi connectivity index (χ4n) is 1.76. The molecule has 3 aromatic rings. The number of aromatic nitrogens is 2. The summed E-state index contributed by atoms with van der Waals surface area (Å²) in [6.45, 7) is 2.04. The SMILES string of the molecule is Cc1cc(Br)c2ncc(-c3ccoc3)nc2c1. The lowest BCUT2D eigenvalue weighted by molar-refractivity contribution is 0.568. The normalized spacial score (nSPS) is 10.9. The molecule has 84 valence electrons. The molecule has 2 heterocycles. The highest BCUT2D eigenvalue weighted by Crippen LogP contribution is 2.25. The van der Waals surface area contributed by atoms with Gasteiger partial charge >= 0.3 is 0 Å². The van der Waals surface area contributed by atoms with E-state index in [1.54, 1.807) is 18.7 Å². The van der Waals surface area contributed by atoms with E-state index in [9.17, 15) is 0 Å². The predicted octanol–water partition coefficient (Wildman–Crippen LogP) is 3.96. The van der Waals surface area contributed by atoms with Crippen LogP contribution in [0.15, 0.2) is 45.8 Å². The molecule has 0 saturated carbocycles. The Kier molecular flexibility index (Phi) is 2.44. The molecular formula is C13H9BrN2O. The van der Waals surface area contributed by atoms with Crippen LogP contribution in [0.2, 0.25) is 0 Å². The summed E-state index contributed by atoms with van der Waals surface area (Å²) < 4.78 is 6.02. The maximum absolute atomic E-state index is 5.05. The molecule has 0 aliphatic heterocycles. The van der Waals surface area contributed by atoms with Crippen LogP contribution in [0.1, 0.15) is 5.56 Å². The highest BCUT2D eigenvalue weighted by Gasteiger charge is 2.06. The van der Waals surface area contributed by atoms with Crippen molar-refractivity contribution >= 4 is 27.0 Å². The Morgan fingerprint density at radius 1 is 1.29 bits per heavy atom. The zero-order valence-corrected chi connectivity index (χ0v) is 10.7. The second kappa shape index (κ2) is 3.96. The lowest BCUT2D eigenvalue weighted by atomic mass is 10.2. The van der Waals surface area contributed by atoms with Gasteiger partial charge in [-0.1, -0.05) is 0 Å². The second-order valence-electron chi connectivity index (χ2n) is 3.88. The summed E-state index contributed by atoms with van der Waals surface area (Å²) in [5, 5.41) is 0. The first-order valence-electron chi connectivity index (χ1n) is 5.19. The van der Waals surface area contributed by atoms with Gasteiger partial charge in [-0.3, -0.25) is 4.98 Å². The van der Waals surface area contributed by atoms with Gasteiger partial charge in [-0.05, 0) is 46.6 Å². The minimum absolute atomic E-state index is 0.823. The number of hydrogen-bond donors (Lipinski definition) is 0. The van der Waals surface area contributed by atoms with Crippen molar-refractivity contribution in [2.24, 2.45) is 0 Å². The number of hydrogen-bond acceptors (Lipinski definition) is 3. The first-order chi connectivity index (χ1) is 8.24. The fraction of sp³-hybridized carbons (Fsp3) is 0.0769. The van der Waals surface area contributed by atoms with Gasteiger partial charge in [0.25, 0.3) is 0 Å². The molecular weight excluding hydrogens is 280 g/mol. The van der Waals surface area contributed by atoms with Crippen LogP contribution in [-0.4, -0.2) is 9.97 Å². The second-order valence-corrected chi connectivity index (χ2v) is 4.74. The minimum Gasteiger partial charge on any atom is -0.472 e. The maximum atomic E-state index is 5.05. The third-order valence-corrected chi connectivity index (χ3v) is 3.17. The van der Waals surface area contributed by atoms with Gasteiger partial charge in [-0.15, -0.1) is 0 Å². The lowest BCUT2D eigenvalue weighted by Crippen LogP contribution is -1.89. The van der Waals surface area contributed by atoms with Gasteiger partial charge in [0.15, 0.2) is 0 Å². The van der Waals surface area contributed by atoms with Crippen LogP contribution in [-0.2, 0) is 0 Å². The third kappa shape index (κ3) is 1.85. The van der Waals surface area contributed by atoms with Crippen molar-refractivity contribution in [3.05, 3.63) is 47.0 Å². The van der Waals surface area contributed by atoms with Crippen LogP contribution in [0.3, 0.4) is 0 Å². The van der Waals surface area contributed by atoms with Crippen LogP contribution in [0.5, 0.6) is 0 Å². The highest BCUT2D eigenvalue weighted by molar-refractivity contribution is 9.10. The van der Waals surface area contributed by atoms with Crippen molar-refractivity contribution in [3.63, 3.8) is 0 Å². The third-order valence-electron chi connectivity index (χ3n) is 2.56. The van der Waals surface area contributed by atoms with Crippen LogP contribution >= 0.6 is 15.9 Å². The number of halogens is 1. The molecule has 0 aliphatic carbocycles. The van der Waals surface area contributed by atoms with Crippen molar-refractivity contribution in [2.75, 3.05) is 0 Å². The van der Waals surface area contributed by atoms with Gasteiger partial charge in [-0.25, -0.2) is 4.98 Å². The van der Waals surface area contributed by atoms with E-state index in [1.807, 2.05) is 25.1 Å². The Labute approximate surface area is 107 Å². The largest absolute Gasteiger partial charge is 0.472 e. The van der Waals surface area contributed by atoms with Crippen LogP contribution in [0.4, 0.5) is 0 Å². The van der Waals surface area contributed by atoms with E-state index in [0.29, 0.717) is 0 Å². The van der Waals surface area contributed by atoms with Gasteiger partial charge in [0.05, 0.1) is 29.9 Å². The maximum Gasteiger partial charge on any atom is 0.103 e. The summed E-state index contributed by atoms with van der Waals surface area (Å²) in [5.41, 5.74) is 4.68. The molecule has 0 spiro atoms. The molecule has 0 atom stereocenters. The van der Waals surface area contributed by atoms with E-state index in [2.05, 4.69) is 25.9 Å². The minimum atomic E-state index is 0.823. The highest BCUT2D eigenvalue weighted by atomic mass is 79.9. The Bertz CT molecular complexity index is 677. The molecule has 0 saturated heterocycles. The van der Waals surface area contributed by atoms with Gasteiger partial charge < -0.3 is 4.42 Å². The standard InChI is InChI=1S/C13H9BrN2O/c1-8-4-10(14)13-11(5-8)16-12(6-15-13)9-2-3-17-7-9/h2-7H,1H3. The van der Waals surface area contributed by atoms with Crippen molar-refractivity contribution in [1.29, 1.82) is 0 Å². The number of aryl methyl sites for hydroxylation is 1. The van der Waals surface area contributed by atoms with Gasteiger partial charge in [0, 0.05) is 10.0 Å². The first kappa shape index (κ1) is 10.5. The first-order valence-corrected chi connectivity index (χ1v) is 5.99. The average Bonchev–Trinajstić information content (AvgIpc) is 2.81. The number of benzene rings is 1. The summed E-state index contributed by atoms with van der Waals surface area (Å²) in [5.74, 6) is 0. The molecule has 0 amide bonds. The Hall–Kier alpha value is -1.68. The molecule has 0 radical (unpaired) electrons. The number of rotatable bonds is 1. The summed E-state index contributed by atoms with van der Waals surface area (Å²) >= 11 is 3.50. The monoisotopic (exact) mass is 288 g/mol. The van der Waals surface area contributed by atoms with E-state index in [0.717, 1.165) is 32.3 Å². The molecule has 1 aromatic carbocycles. The van der Waals surface area contributed by atoms with Crippen molar-refractivity contribution in [1.82, 2.24) is 9.97 Å². The molecule has 3 rings (SSSR count). The van der Waals surface area contributed by atoms with Gasteiger partial charge in [0.2, 0.25) is 0 Å². The summed E-state index contributed by atoms with van der Waals surface area (Å²) in [4.78, 5) is 9.01. The predicted molar refractivity (Wildman–Crippen MR) is 69.7 cm³/mol. The van der Waals surface area contributed by atoms with Gasteiger partial charge in [-0.2, -0.15) is 0 Å². The van der Waals surface area contributed by atoms with E-state index in [4.69, 9.17) is 4.42 Å². The quantitative estimate of drug-likeness (QED) is 0.680. The van der Waals surface area contributed by atoms with Crippen molar-refractivity contribution in [2.45, 2.75) is 6.92 Å². The molecule has 0 unspecified atom stereocenters. The zero-order chi connectivity index (χ0) is 11.8. The zero-order valence-electron chi connectivity index (χ0n) is 9.14. The average molecular weight is 289 g/mol. The van der Waals surface area contributed by atoms with Crippen molar-refractivity contribution < 1.29 is 4.42 Å². The molecule has 2 aromatic heterocycles. The van der Waals surface area contributed by atoms with Crippen molar-refractivity contribution in [3.8, 4) is 11.3 Å². The molecule has 4 heteroatoms. The van der Waals surface area contributed by atoms with Gasteiger partial charge in [0.1, 0.15) is 5.52 Å². The van der Waals surface area contributed by atoms with E-state index >= 15 is 0 Å². The number of nitrogens with zero attached hydrogens (tertiary/aromatic N) is 2. The molecule has 3 nitrogen and oxygen atoms in total. The molecule has 0 fully saturated rings. The molecule has 0 N–H and O–H groups in total. The Balaban J connectivity index is 2.26.